The molecule has 0 aromatic heterocycles. The molecule has 1 saturated carbocycles. The maximum absolute atomic E-state index is 12.7. The topological polar surface area (TPSA) is 82.2 Å². The van der Waals surface area contributed by atoms with Gasteiger partial charge in [-0.1, -0.05) is 25.0 Å². The summed E-state index contributed by atoms with van der Waals surface area (Å²) in [6, 6.07) is 7.32. The summed E-state index contributed by atoms with van der Waals surface area (Å²) >= 11 is 0. The van der Waals surface area contributed by atoms with Crippen LogP contribution in [0.1, 0.15) is 32.1 Å². The normalized spacial score (nSPS) is 22.9. The Balaban J connectivity index is 1.24. The van der Waals surface area contributed by atoms with Crippen LogP contribution < -0.4 is 15.0 Å². The molecule has 8 heteroatoms. The number of rotatable bonds is 7. The van der Waals surface area contributed by atoms with Crippen molar-refractivity contribution in [1.29, 1.82) is 0 Å². The van der Waals surface area contributed by atoms with Crippen molar-refractivity contribution < 1.29 is 19.1 Å². The molecular formula is C23H32N4O4. The Kier molecular flexibility index (Phi) is 6.75. The van der Waals surface area contributed by atoms with E-state index in [1.54, 1.807) is 7.11 Å². The number of carbonyl (C=O) groups excluding carboxylic acids is 3. The van der Waals surface area contributed by atoms with E-state index in [9.17, 15) is 14.4 Å². The molecule has 3 aliphatic rings. The van der Waals surface area contributed by atoms with Crippen LogP contribution in [0, 0.1) is 5.92 Å². The fourth-order valence-corrected chi connectivity index (χ4v) is 4.85. The van der Waals surface area contributed by atoms with E-state index in [4.69, 9.17) is 4.74 Å². The minimum atomic E-state index is -0.692. The highest BCUT2D eigenvalue weighted by atomic mass is 16.5. The van der Waals surface area contributed by atoms with Crippen molar-refractivity contribution in [3.63, 3.8) is 0 Å². The maximum atomic E-state index is 12.7. The Morgan fingerprint density at radius 3 is 2.48 bits per heavy atom. The maximum Gasteiger partial charge on any atom is 0.252 e. The van der Waals surface area contributed by atoms with Crippen molar-refractivity contribution in [3.05, 3.63) is 24.3 Å². The Morgan fingerprint density at radius 2 is 1.77 bits per heavy atom. The molecule has 168 valence electrons. The average molecular weight is 429 g/mol. The van der Waals surface area contributed by atoms with Gasteiger partial charge < -0.3 is 15.0 Å². The number of amides is 3. The van der Waals surface area contributed by atoms with Gasteiger partial charge in [-0.05, 0) is 25.0 Å². The van der Waals surface area contributed by atoms with Crippen LogP contribution >= 0.6 is 0 Å². The molecule has 1 aromatic carbocycles. The number of anilines is 1. The second-order valence-electron chi connectivity index (χ2n) is 8.63. The Bertz CT molecular complexity index is 816. The van der Waals surface area contributed by atoms with Gasteiger partial charge in [0.2, 0.25) is 11.8 Å². The average Bonchev–Trinajstić information content (AvgIpc) is 3.42. The molecule has 0 radical (unpaired) electrons. The molecule has 2 saturated heterocycles. The van der Waals surface area contributed by atoms with Gasteiger partial charge in [-0.25, -0.2) is 0 Å². The summed E-state index contributed by atoms with van der Waals surface area (Å²) < 4.78 is 5.47. The van der Waals surface area contributed by atoms with Gasteiger partial charge in [0.15, 0.2) is 0 Å². The number of nitrogens with one attached hydrogen (secondary N) is 1. The van der Waals surface area contributed by atoms with E-state index in [0.29, 0.717) is 13.1 Å². The number of nitrogens with zero attached hydrogens (tertiary/aromatic N) is 3. The first kappa shape index (κ1) is 21.6. The number of hydrogen-bond acceptors (Lipinski definition) is 6. The first-order chi connectivity index (χ1) is 15.1. The standard InChI is InChI=1S/C23H32N4O4/c1-31-20-9-5-4-8-19(20)26-13-10-25(11-14-26)12-15-27-21(28)16-18(23(27)30)24-22(29)17-6-2-3-7-17/h4-5,8-9,17-18H,2-3,6-7,10-16H2,1H3,(H,24,29)/t18-/m0/s1. The third kappa shape index (κ3) is 4.84. The summed E-state index contributed by atoms with van der Waals surface area (Å²) in [6.45, 7) is 4.47. The molecule has 1 atom stereocenters. The third-order valence-electron chi connectivity index (χ3n) is 6.72. The second kappa shape index (κ2) is 9.68. The van der Waals surface area contributed by atoms with E-state index < -0.39 is 6.04 Å². The molecule has 3 amide bonds. The molecule has 0 unspecified atom stereocenters. The van der Waals surface area contributed by atoms with Gasteiger partial charge in [0, 0.05) is 45.2 Å². The summed E-state index contributed by atoms with van der Waals surface area (Å²) in [5.41, 5.74) is 1.09. The molecule has 0 spiro atoms. The lowest BCUT2D eigenvalue weighted by molar-refractivity contribution is -0.140. The van der Waals surface area contributed by atoms with Crippen molar-refractivity contribution in [1.82, 2.24) is 15.1 Å². The van der Waals surface area contributed by atoms with E-state index in [1.807, 2.05) is 18.2 Å². The Labute approximate surface area is 183 Å². The number of benzene rings is 1. The summed E-state index contributed by atoms with van der Waals surface area (Å²) in [7, 11) is 1.68. The molecule has 8 nitrogen and oxygen atoms in total. The van der Waals surface area contributed by atoms with Crippen LogP contribution in [0.5, 0.6) is 5.75 Å². The van der Waals surface area contributed by atoms with Crippen LogP contribution in [-0.4, -0.2) is 79.9 Å². The Hall–Kier alpha value is -2.61. The van der Waals surface area contributed by atoms with Gasteiger partial charge in [0.1, 0.15) is 11.8 Å². The first-order valence-corrected chi connectivity index (χ1v) is 11.3. The number of imide groups is 1. The van der Waals surface area contributed by atoms with Crippen LogP contribution in [-0.2, 0) is 14.4 Å². The number of para-hydroxylation sites is 2. The predicted molar refractivity (Wildman–Crippen MR) is 117 cm³/mol. The third-order valence-corrected chi connectivity index (χ3v) is 6.72. The molecule has 1 aliphatic carbocycles. The molecule has 0 bridgehead atoms. The van der Waals surface area contributed by atoms with Crippen LogP contribution in [0.25, 0.3) is 0 Å². The summed E-state index contributed by atoms with van der Waals surface area (Å²) in [5.74, 6) is 0.350. The van der Waals surface area contributed by atoms with Gasteiger partial charge in [-0.3, -0.25) is 24.2 Å². The van der Waals surface area contributed by atoms with Crippen molar-refractivity contribution >= 4 is 23.4 Å². The number of hydrogen-bond donors (Lipinski definition) is 1. The molecule has 2 aliphatic heterocycles. The lowest BCUT2D eigenvalue weighted by atomic mass is 10.1. The molecule has 3 fully saturated rings. The van der Waals surface area contributed by atoms with Crippen LogP contribution in [0.4, 0.5) is 5.69 Å². The highest BCUT2D eigenvalue weighted by Gasteiger charge is 2.40. The highest BCUT2D eigenvalue weighted by molar-refractivity contribution is 6.07. The predicted octanol–water partition coefficient (Wildman–Crippen LogP) is 1.25. The summed E-state index contributed by atoms with van der Waals surface area (Å²) in [6.07, 6.45) is 3.97. The number of ether oxygens (including phenoxy) is 1. The van der Waals surface area contributed by atoms with E-state index >= 15 is 0 Å². The zero-order chi connectivity index (χ0) is 21.8. The highest BCUT2D eigenvalue weighted by Crippen LogP contribution is 2.28. The van der Waals surface area contributed by atoms with Gasteiger partial charge >= 0.3 is 0 Å². The second-order valence-corrected chi connectivity index (χ2v) is 8.63. The Morgan fingerprint density at radius 1 is 1.06 bits per heavy atom. The number of likely N-dealkylation sites (tertiary alicyclic amines) is 1. The fraction of sp³-hybridized carbons (Fsp3) is 0.609. The van der Waals surface area contributed by atoms with Crippen molar-refractivity contribution in [2.24, 2.45) is 5.92 Å². The zero-order valence-electron chi connectivity index (χ0n) is 18.2. The lowest BCUT2D eigenvalue weighted by Gasteiger charge is -2.37. The minimum absolute atomic E-state index is 0.00325. The van der Waals surface area contributed by atoms with E-state index in [1.165, 1.54) is 4.90 Å². The number of methoxy groups -OCH3 is 1. The largest absolute Gasteiger partial charge is 0.495 e. The van der Waals surface area contributed by atoms with Crippen LogP contribution in [0.15, 0.2) is 24.3 Å². The van der Waals surface area contributed by atoms with Gasteiger partial charge in [0.25, 0.3) is 5.91 Å². The summed E-state index contributed by atoms with van der Waals surface area (Å²) in [4.78, 5) is 43.3. The van der Waals surface area contributed by atoms with E-state index in [2.05, 4.69) is 21.2 Å². The first-order valence-electron chi connectivity index (χ1n) is 11.3. The molecular weight excluding hydrogens is 396 g/mol. The quantitative estimate of drug-likeness (QED) is 0.659. The van der Waals surface area contributed by atoms with E-state index in [0.717, 1.165) is 63.3 Å². The van der Waals surface area contributed by atoms with Crippen molar-refractivity contribution in [2.45, 2.75) is 38.1 Å². The van der Waals surface area contributed by atoms with Gasteiger partial charge in [0.05, 0.1) is 19.2 Å². The molecule has 31 heavy (non-hydrogen) atoms. The zero-order valence-corrected chi connectivity index (χ0v) is 18.2. The van der Waals surface area contributed by atoms with Crippen LogP contribution in [0.3, 0.4) is 0 Å². The van der Waals surface area contributed by atoms with Crippen molar-refractivity contribution in [3.8, 4) is 5.75 Å². The molecule has 1 N–H and O–H groups in total. The van der Waals surface area contributed by atoms with Crippen LogP contribution in [0.2, 0.25) is 0 Å². The SMILES string of the molecule is COc1ccccc1N1CCN(CCN2C(=O)C[C@H](NC(=O)C3CCCC3)C2=O)CC1. The molecule has 2 heterocycles. The van der Waals surface area contributed by atoms with Crippen molar-refractivity contribution in [2.75, 3.05) is 51.3 Å². The molecule has 1 aromatic rings. The fourth-order valence-electron chi connectivity index (χ4n) is 4.85. The molecule has 4 rings (SSSR count). The van der Waals surface area contributed by atoms with Gasteiger partial charge in [-0.15, -0.1) is 0 Å². The number of piperazine rings is 1. The smallest absolute Gasteiger partial charge is 0.252 e. The number of carbonyl (C=O) groups is 3. The monoisotopic (exact) mass is 428 g/mol. The van der Waals surface area contributed by atoms with Gasteiger partial charge in [-0.2, -0.15) is 0 Å². The summed E-state index contributed by atoms with van der Waals surface area (Å²) in [5, 5.41) is 2.82. The lowest BCUT2D eigenvalue weighted by Crippen LogP contribution is -2.50. The minimum Gasteiger partial charge on any atom is -0.495 e. The van der Waals surface area contributed by atoms with E-state index in [-0.39, 0.29) is 30.1 Å².